The van der Waals surface area contributed by atoms with E-state index in [9.17, 15) is 13.6 Å². The highest BCUT2D eigenvalue weighted by Gasteiger charge is 2.32. The molecule has 1 amide bonds. The molecule has 0 heterocycles. The normalized spacial score (nSPS) is 14.9. The summed E-state index contributed by atoms with van der Waals surface area (Å²) >= 11 is 0. The van der Waals surface area contributed by atoms with Crippen molar-refractivity contribution in [3.8, 4) is 0 Å². The number of halogens is 2. The maximum Gasteiger partial charge on any atom is 0.287 e. The lowest BCUT2D eigenvalue weighted by Gasteiger charge is -2.26. The third-order valence-electron chi connectivity index (χ3n) is 1.97. The Morgan fingerprint density at radius 1 is 1.47 bits per heavy atom. The molecule has 1 unspecified atom stereocenters. The van der Waals surface area contributed by atoms with Gasteiger partial charge >= 0.3 is 0 Å². The predicted molar refractivity (Wildman–Crippen MR) is 52.5 cm³/mol. The Morgan fingerprint density at radius 3 is 2.27 bits per heavy atom. The Labute approximate surface area is 87.8 Å². The van der Waals surface area contributed by atoms with Crippen LogP contribution in [0.5, 0.6) is 0 Å². The predicted octanol–water partition coefficient (Wildman–Crippen LogP) is 0.104. The fourth-order valence-electron chi connectivity index (χ4n) is 0.776. The van der Waals surface area contributed by atoms with Crippen LogP contribution in [0.2, 0.25) is 0 Å². The minimum Gasteiger partial charge on any atom is -0.390 e. The van der Waals surface area contributed by atoms with Crippen molar-refractivity contribution in [1.29, 1.82) is 0 Å². The molecule has 0 saturated carbocycles. The van der Waals surface area contributed by atoms with Crippen molar-refractivity contribution in [3.63, 3.8) is 0 Å². The van der Waals surface area contributed by atoms with Gasteiger partial charge < -0.3 is 16.2 Å². The Morgan fingerprint density at radius 2 is 1.93 bits per heavy atom. The molecule has 0 aliphatic heterocycles. The Hall–Kier alpha value is -0.750. The van der Waals surface area contributed by atoms with Crippen LogP contribution in [0.3, 0.4) is 0 Å². The number of hydrogen-bond donors (Lipinski definition) is 3. The zero-order chi connectivity index (χ0) is 12.3. The molecule has 90 valence electrons. The molecule has 0 aromatic rings. The van der Waals surface area contributed by atoms with E-state index in [-0.39, 0.29) is 0 Å². The molecule has 0 aromatic carbocycles. The average molecular weight is 224 g/mol. The van der Waals surface area contributed by atoms with E-state index < -0.39 is 36.4 Å². The number of nitrogens with two attached hydrogens (primary N) is 1. The molecule has 15 heavy (non-hydrogen) atoms. The van der Waals surface area contributed by atoms with Gasteiger partial charge in [0.05, 0.1) is 12.6 Å². The molecule has 0 aromatic heterocycles. The zero-order valence-corrected chi connectivity index (χ0v) is 9.18. The summed E-state index contributed by atoms with van der Waals surface area (Å²) in [4.78, 5) is 11.3. The topological polar surface area (TPSA) is 75.4 Å². The lowest BCUT2D eigenvalue weighted by molar-refractivity contribution is -0.127. The summed E-state index contributed by atoms with van der Waals surface area (Å²) in [6, 6.07) is -0.855. The molecule has 0 fully saturated rings. The smallest absolute Gasteiger partial charge is 0.287 e. The largest absolute Gasteiger partial charge is 0.390 e. The van der Waals surface area contributed by atoms with Crippen LogP contribution in [0, 0.1) is 5.41 Å². The van der Waals surface area contributed by atoms with Crippen LogP contribution < -0.4 is 11.1 Å². The van der Waals surface area contributed by atoms with E-state index >= 15 is 0 Å². The summed E-state index contributed by atoms with van der Waals surface area (Å²) in [5, 5.41) is 10.3. The first kappa shape index (κ1) is 14.2. The quantitative estimate of drug-likeness (QED) is 0.634. The number of aliphatic hydroxyl groups excluding tert-OH is 1. The van der Waals surface area contributed by atoms with Crippen molar-refractivity contribution in [3.05, 3.63) is 0 Å². The fraction of sp³-hybridized carbons (Fsp3) is 0.889. The van der Waals surface area contributed by atoms with Crippen molar-refractivity contribution in [1.82, 2.24) is 5.32 Å². The molecule has 6 heteroatoms. The highest BCUT2D eigenvalue weighted by Crippen LogP contribution is 2.17. The summed E-state index contributed by atoms with van der Waals surface area (Å²) in [6.45, 7) is 3.02. The molecule has 0 rings (SSSR count). The van der Waals surface area contributed by atoms with Crippen LogP contribution in [0.4, 0.5) is 8.78 Å². The van der Waals surface area contributed by atoms with Gasteiger partial charge in [-0.1, -0.05) is 20.8 Å². The lowest BCUT2D eigenvalue weighted by Crippen LogP contribution is -2.51. The SMILES string of the molecule is CC(C)(C)C(N)C(=O)NCC(F)(F)CO. The molecule has 4 nitrogen and oxygen atoms in total. The summed E-state index contributed by atoms with van der Waals surface area (Å²) in [5.74, 6) is -3.94. The number of rotatable bonds is 4. The first-order chi connectivity index (χ1) is 6.60. The molecule has 0 aliphatic carbocycles. The zero-order valence-electron chi connectivity index (χ0n) is 9.18. The minimum atomic E-state index is -3.30. The van der Waals surface area contributed by atoms with E-state index in [1.54, 1.807) is 20.8 Å². The van der Waals surface area contributed by atoms with E-state index in [4.69, 9.17) is 10.8 Å². The van der Waals surface area contributed by atoms with Crippen LogP contribution in [0.15, 0.2) is 0 Å². The van der Waals surface area contributed by atoms with E-state index in [0.29, 0.717) is 0 Å². The van der Waals surface area contributed by atoms with Crippen molar-refractivity contribution in [2.24, 2.45) is 11.1 Å². The van der Waals surface area contributed by atoms with Crippen molar-refractivity contribution in [2.45, 2.75) is 32.7 Å². The van der Waals surface area contributed by atoms with E-state index in [1.165, 1.54) is 0 Å². The Balaban J connectivity index is 4.17. The van der Waals surface area contributed by atoms with Gasteiger partial charge in [0.15, 0.2) is 0 Å². The molecular weight excluding hydrogens is 206 g/mol. The van der Waals surface area contributed by atoms with Gasteiger partial charge in [-0.15, -0.1) is 0 Å². The maximum atomic E-state index is 12.6. The number of alkyl halides is 2. The van der Waals surface area contributed by atoms with Gasteiger partial charge in [0.2, 0.25) is 5.91 Å². The summed E-state index contributed by atoms with van der Waals surface area (Å²) < 4.78 is 25.1. The minimum absolute atomic E-state index is 0.488. The summed E-state index contributed by atoms with van der Waals surface area (Å²) in [7, 11) is 0. The number of amides is 1. The van der Waals surface area contributed by atoms with Gasteiger partial charge in [-0.25, -0.2) is 8.78 Å². The molecule has 0 spiro atoms. The van der Waals surface area contributed by atoms with Crippen LogP contribution in [-0.4, -0.2) is 36.1 Å². The van der Waals surface area contributed by atoms with E-state index in [1.807, 2.05) is 5.32 Å². The van der Waals surface area contributed by atoms with Crippen LogP contribution >= 0.6 is 0 Å². The molecule has 0 aliphatic rings. The monoisotopic (exact) mass is 224 g/mol. The van der Waals surface area contributed by atoms with Gasteiger partial charge in [-0.05, 0) is 5.41 Å². The first-order valence-electron chi connectivity index (χ1n) is 4.62. The van der Waals surface area contributed by atoms with Crippen LogP contribution in [0.25, 0.3) is 0 Å². The van der Waals surface area contributed by atoms with Crippen molar-refractivity contribution < 1.29 is 18.7 Å². The molecule has 4 N–H and O–H groups in total. The van der Waals surface area contributed by atoms with Gasteiger partial charge in [-0.2, -0.15) is 0 Å². The summed E-state index contributed by atoms with van der Waals surface area (Å²) in [5.41, 5.74) is 5.06. The molecular formula is C9H18F2N2O2. The Bertz CT molecular complexity index is 227. The lowest BCUT2D eigenvalue weighted by atomic mass is 9.87. The molecule has 0 radical (unpaired) electrons. The second-order valence-corrected chi connectivity index (χ2v) is 4.58. The van der Waals surface area contributed by atoms with E-state index in [0.717, 1.165) is 0 Å². The van der Waals surface area contributed by atoms with Gasteiger partial charge in [-0.3, -0.25) is 4.79 Å². The van der Waals surface area contributed by atoms with E-state index in [2.05, 4.69) is 0 Å². The second-order valence-electron chi connectivity index (χ2n) is 4.58. The molecule has 0 saturated heterocycles. The van der Waals surface area contributed by atoms with Gasteiger partial charge in [0.1, 0.15) is 6.61 Å². The molecule has 1 atom stereocenters. The maximum absolute atomic E-state index is 12.6. The number of carbonyl (C=O) groups excluding carboxylic acids is 1. The number of carbonyl (C=O) groups is 1. The standard InChI is InChI=1S/C9H18F2N2O2/c1-8(2,3)6(12)7(15)13-4-9(10,11)5-14/h6,14H,4-5,12H2,1-3H3,(H,13,15). The highest BCUT2D eigenvalue weighted by molar-refractivity contribution is 5.82. The van der Waals surface area contributed by atoms with Gasteiger partial charge in [0, 0.05) is 0 Å². The fourth-order valence-corrected chi connectivity index (χ4v) is 0.776. The number of hydrogen-bond acceptors (Lipinski definition) is 3. The van der Waals surface area contributed by atoms with Crippen LogP contribution in [-0.2, 0) is 4.79 Å². The number of nitrogens with one attached hydrogen (secondary N) is 1. The summed E-state index contributed by atoms with van der Waals surface area (Å²) in [6.07, 6.45) is 0. The molecule has 0 bridgehead atoms. The average Bonchev–Trinajstić information content (AvgIpc) is 2.11. The third-order valence-corrected chi connectivity index (χ3v) is 1.97. The number of aliphatic hydroxyl groups is 1. The Kier molecular flexibility index (Phi) is 4.61. The van der Waals surface area contributed by atoms with Crippen molar-refractivity contribution in [2.75, 3.05) is 13.2 Å². The van der Waals surface area contributed by atoms with Gasteiger partial charge in [0.25, 0.3) is 5.92 Å². The van der Waals surface area contributed by atoms with Crippen molar-refractivity contribution >= 4 is 5.91 Å². The second kappa shape index (κ2) is 4.85. The highest BCUT2D eigenvalue weighted by atomic mass is 19.3. The first-order valence-corrected chi connectivity index (χ1v) is 4.62. The third kappa shape index (κ3) is 5.03. The van der Waals surface area contributed by atoms with Crippen LogP contribution in [0.1, 0.15) is 20.8 Å².